The molecule has 0 unspecified atom stereocenters. The van der Waals surface area contributed by atoms with E-state index in [1.807, 2.05) is 25.1 Å². The molecule has 0 atom stereocenters. The van der Waals surface area contributed by atoms with Crippen molar-refractivity contribution >= 4 is 48.9 Å². The first kappa shape index (κ1) is 18.1. The van der Waals surface area contributed by atoms with Gasteiger partial charge in [-0.25, -0.2) is 0 Å². The van der Waals surface area contributed by atoms with Gasteiger partial charge in [0.2, 0.25) is 0 Å². The third-order valence-electron chi connectivity index (χ3n) is 3.73. The van der Waals surface area contributed by atoms with E-state index in [4.69, 9.17) is 0 Å². The molecule has 0 aromatic heterocycles. The summed E-state index contributed by atoms with van der Waals surface area (Å²) in [5, 5.41) is 8.84. The van der Waals surface area contributed by atoms with Crippen molar-refractivity contribution in [1.82, 2.24) is 0 Å². The highest BCUT2D eigenvalue weighted by atomic mass is 79.9. The van der Waals surface area contributed by atoms with Gasteiger partial charge in [0.05, 0.1) is 5.69 Å². The lowest BCUT2D eigenvalue weighted by Gasteiger charge is -2.21. The Hall–Kier alpha value is -1.20. The average molecular weight is 439 g/mol. The van der Waals surface area contributed by atoms with Gasteiger partial charge in [0.15, 0.2) is 0 Å². The molecule has 0 saturated carbocycles. The molecule has 0 spiro atoms. The van der Waals surface area contributed by atoms with Crippen molar-refractivity contribution < 1.29 is 0 Å². The summed E-state index contributed by atoms with van der Waals surface area (Å²) in [7, 11) is 0. The van der Waals surface area contributed by atoms with Crippen molar-refractivity contribution in [3.8, 4) is 0 Å². The topological polar surface area (TPSA) is 28.0 Å². The Labute approximate surface area is 155 Å². The largest absolute Gasteiger partial charge is 0.372 e. The SMILES string of the molecule is CCN(CC)c1ccc(N=Nc2c(Br)cc(C)cc2Br)c(C)c1. The van der Waals surface area contributed by atoms with E-state index in [1.165, 1.54) is 11.3 Å². The summed E-state index contributed by atoms with van der Waals surface area (Å²) >= 11 is 7.10. The van der Waals surface area contributed by atoms with Crippen molar-refractivity contribution in [2.45, 2.75) is 27.7 Å². The van der Waals surface area contributed by atoms with Crippen LogP contribution in [0, 0.1) is 13.8 Å². The van der Waals surface area contributed by atoms with E-state index in [-0.39, 0.29) is 0 Å². The minimum Gasteiger partial charge on any atom is -0.372 e. The zero-order valence-corrected chi connectivity index (χ0v) is 17.1. The predicted octanol–water partition coefficient (Wildman–Crippen LogP) is 7.09. The fourth-order valence-electron chi connectivity index (χ4n) is 2.43. The Morgan fingerprint density at radius 3 is 2.04 bits per heavy atom. The minimum absolute atomic E-state index is 0.808. The number of azo groups is 1. The average Bonchev–Trinajstić information content (AvgIpc) is 2.49. The molecule has 0 saturated heterocycles. The van der Waals surface area contributed by atoms with Gasteiger partial charge in [-0.1, -0.05) is 0 Å². The van der Waals surface area contributed by atoms with Crippen molar-refractivity contribution in [2.24, 2.45) is 10.2 Å². The van der Waals surface area contributed by atoms with Crippen molar-refractivity contribution in [3.05, 3.63) is 50.4 Å². The van der Waals surface area contributed by atoms with E-state index in [0.29, 0.717) is 0 Å². The number of hydrogen-bond donors (Lipinski definition) is 0. The Balaban J connectivity index is 2.31. The second-order valence-electron chi connectivity index (χ2n) is 5.42. The van der Waals surface area contributed by atoms with Crippen molar-refractivity contribution in [3.63, 3.8) is 0 Å². The number of rotatable bonds is 5. The summed E-state index contributed by atoms with van der Waals surface area (Å²) in [5.41, 5.74) is 5.22. The third kappa shape index (κ3) is 4.42. The molecule has 2 rings (SSSR count). The van der Waals surface area contributed by atoms with E-state index in [0.717, 1.165) is 39.0 Å². The number of hydrogen-bond acceptors (Lipinski definition) is 3. The molecule has 0 amide bonds. The molecule has 0 heterocycles. The van der Waals surface area contributed by atoms with Gasteiger partial charge in [-0.05, 0) is 101 Å². The van der Waals surface area contributed by atoms with Crippen LogP contribution in [0.5, 0.6) is 0 Å². The van der Waals surface area contributed by atoms with Gasteiger partial charge in [-0.15, -0.1) is 5.11 Å². The predicted molar refractivity (Wildman–Crippen MR) is 105 cm³/mol. The van der Waals surface area contributed by atoms with Crippen LogP contribution in [-0.2, 0) is 0 Å². The van der Waals surface area contributed by atoms with Crippen LogP contribution in [0.15, 0.2) is 49.5 Å². The highest BCUT2D eigenvalue weighted by Gasteiger charge is 2.07. The van der Waals surface area contributed by atoms with E-state index in [9.17, 15) is 0 Å². The summed E-state index contributed by atoms with van der Waals surface area (Å²) in [4.78, 5) is 2.32. The van der Waals surface area contributed by atoms with Gasteiger partial charge in [-0.2, -0.15) is 5.11 Å². The quantitative estimate of drug-likeness (QED) is 0.457. The highest BCUT2D eigenvalue weighted by Crippen LogP contribution is 2.36. The van der Waals surface area contributed by atoms with Crippen molar-refractivity contribution in [2.75, 3.05) is 18.0 Å². The Morgan fingerprint density at radius 2 is 1.52 bits per heavy atom. The summed E-state index contributed by atoms with van der Waals surface area (Å²) in [6, 6.07) is 10.4. The number of benzene rings is 2. The van der Waals surface area contributed by atoms with Gasteiger partial charge in [0.1, 0.15) is 5.69 Å². The summed E-state index contributed by atoms with van der Waals surface area (Å²) < 4.78 is 1.87. The molecule has 122 valence electrons. The van der Waals surface area contributed by atoms with Crippen LogP contribution in [0.2, 0.25) is 0 Å². The van der Waals surface area contributed by atoms with Crippen LogP contribution >= 0.6 is 31.9 Å². The number of nitrogens with zero attached hydrogens (tertiary/aromatic N) is 3. The highest BCUT2D eigenvalue weighted by molar-refractivity contribution is 9.11. The normalized spacial score (nSPS) is 11.2. The fraction of sp³-hybridized carbons (Fsp3) is 0.333. The van der Waals surface area contributed by atoms with E-state index in [1.54, 1.807) is 0 Å². The minimum atomic E-state index is 0.808. The first-order valence-electron chi connectivity index (χ1n) is 7.69. The standard InChI is InChI=1S/C18H21Br2N3/c1-5-23(6-2)14-7-8-17(13(4)11-14)21-22-18-15(19)9-12(3)10-16(18)20/h7-11H,5-6H2,1-4H3. The van der Waals surface area contributed by atoms with E-state index >= 15 is 0 Å². The molecule has 2 aromatic carbocycles. The molecular formula is C18H21Br2N3. The lowest BCUT2D eigenvalue weighted by Crippen LogP contribution is -2.21. The molecule has 0 aliphatic rings. The molecule has 5 heteroatoms. The van der Waals surface area contributed by atoms with Crippen LogP contribution in [0.3, 0.4) is 0 Å². The van der Waals surface area contributed by atoms with E-state index in [2.05, 4.69) is 79.9 Å². The lowest BCUT2D eigenvalue weighted by atomic mass is 10.1. The van der Waals surface area contributed by atoms with Crippen LogP contribution in [-0.4, -0.2) is 13.1 Å². The van der Waals surface area contributed by atoms with Crippen molar-refractivity contribution in [1.29, 1.82) is 0 Å². The Kier molecular flexibility index (Phi) is 6.36. The van der Waals surface area contributed by atoms with Gasteiger partial charge >= 0.3 is 0 Å². The number of halogens is 2. The summed E-state index contributed by atoms with van der Waals surface area (Å²) in [5.74, 6) is 0. The zero-order chi connectivity index (χ0) is 17.0. The molecular weight excluding hydrogens is 418 g/mol. The van der Waals surface area contributed by atoms with Crippen LogP contribution < -0.4 is 4.90 Å². The maximum Gasteiger partial charge on any atom is 0.114 e. The number of anilines is 1. The molecule has 2 aromatic rings. The summed E-state index contributed by atoms with van der Waals surface area (Å²) in [6.07, 6.45) is 0. The maximum atomic E-state index is 4.43. The molecule has 0 aliphatic heterocycles. The first-order chi connectivity index (χ1) is 11.0. The van der Waals surface area contributed by atoms with Gasteiger partial charge < -0.3 is 4.90 Å². The van der Waals surface area contributed by atoms with E-state index < -0.39 is 0 Å². The van der Waals surface area contributed by atoms with Gasteiger partial charge in [-0.3, -0.25) is 0 Å². The van der Waals surface area contributed by atoms with Crippen LogP contribution in [0.4, 0.5) is 17.1 Å². The second kappa shape index (κ2) is 8.06. The molecule has 0 fully saturated rings. The third-order valence-corrected chi connectivity index (χ3v) is 4.94. The van der Waals surface area contributed by atoms with Gasteiger partial charge in [0, 0.05) is 27.7 Å². The van der Waals surface area contributed by atoms with Crippen LogP contribution in [0.1, 0.15) is 25.0 Å². The zero-order valence-electron chi connectivity index (χ0n) is 13.9. The first-order valence-corrected chi connectivity index (χ1v) is 9.27. The van der Waals surface area contributed by atoms with Crippen LogP contribution in [0.25, 0.3) is 0 Å². The van der Waals surface area contributed by atoms with Gasteiger partial charge in [0.25, 0.3) is 0 Å². The number of aryl methyl sites for hydroxylation is 2. The molecule has 0 bridgehead atoms. The molecule has 23 heavy (non-hydrogen) atoms. The maximum absolute atomic E-state index is 4.43. The molecule has 3 nitrogen and oxygen atoms in total. The second-order valence-corrected chi connectivity index (χ2v) is 7.13. The Bertz CT molecular complexity index is 699. The fourth-order valence-corrected chi connectivity index (χ4v) is 4.00. The Morgan fingerprint density at radius 1 is 0.913 bits per heavy atom. The molecule has 0 radical (unpaired) electrons. The molecule has 0 aliphatic carbocycles. The lowest BCUT2D eigenvalue weighted by molar-refractivity contribution is 0.865. The monoisotopic (exact) mass is 437 g/mol. The molecule has 0 N–H and O–H groups in total. The smallest absolute Gasteiger partial charge is 0.114 e. The summed E-state index contributed by atoms with van der Waals surface area (Å²) in [6.45, 7) is 10.4.